The Morgan fingerprint density at radius 1 is 1.56 bits per heavy atom. The number of ether oxygens (including phenoxy) is 1. The van der Waals surface area contributed by atoms with Crippen molar-refractivity contribution in [1.82, 2.24) is 4.98 Å². The largest absolute Gasteiger partial charge is 0.478 e. The van der Waals surface area contributed by atoms with Crippen LogP contribution in [-0.4, -0.2) is 35.2 Å². The number of carbonyl (C=O) groups excluding carboxylic acids is 1. The number of carbonyl (C=O) groups is 2. The van der Waals surface area contributed by atoms with Gasteiger partial charge in [-0.2, -0.15) is 0 Å². The number of rotatable bonds is 5. The molecule has 0 bridgehead atoms. The Kier molecular flexibility index (Phi) is 4.26. The van der Waals surface area contributed by atoms with Crippen LogP contribution < -0.4 is 5.32 Å². The van der Waals surface area contributed by atoms with E-state index in [1.807, 2.05) is 0 Å². The smallest absolute Gasteiger partial charge is 0.339 e. The molecule has 1 aromatic heterocycles. The van der Waals surface area contributed by atoms with Gasteiger partial charge in [-0.05, 0) is 19.1 Å². The van der Waals surface area contributed by atoms with Gasteiger partial charge in [-0.1, -0.05) is 0 Å². The molecule has 86 valence electrons. The summed E-state index contributed by atoms with van der Waals surface area (Å²) < 4.78 is 4.69. The maximum absolute atomic E-state index is 11.0. The van der Waals surface area contributed by atoms with E-state index in [1.165, 1.54) is 18.3 Å². The van der Waals surface area contributed by atoms with Crippen molar-refractivity contribution in [2.45, 2.75) is 6.92 Å². The second kappa shape index (κ2) is 5.69. The maximum atomic E-state index is 11.0. The van der Waals surface area contributed by atoms with Crippen LogP contribution in [0.5, 0.6) is 0 Å². The summed E-state index contributed by atoms with van der Waals surface area (Å²) in [4.78, 5) is 25.7. The molecule has 0 amide bonds. The van der Waals surface area contributed by atoms with Crippen molar-refractivity contribution >= 4 is 17.8 Å². The molecule has 0 aliphatic rings. The third-order valence-corrected chi connectivity index (χ3v) is 1.74. The van der Waals surface area contributed by atoms with Crippen molar-refractivity contribution in [2.75, 3.05) is 18.5 Å². The van der Waals surface area contributed by atoms with Crippen LogP contribution in [0.4, 0.5) is 5.82 Å². The van der Waals surface area contributed by atoms with E-state index >= 15 is 0 Å². The number of pyridine rings is 1. The molecule has 0 aromatic carbocycles. The lowest BCUT2D eigenvalue weighted by atomic mass is 10.2. The van der Waals surface area contributed by atoms with Crippen molar-refractivity contribution in [1.29, 1.82) is 0 Å². The number of carboxylic acids is 1. The Bertz CT molecular complexity index is 392. The van der Waals surface area contributed by atoms with E-state index in [1.54, 1.807) is 6.92 Å². The number of nitrogens with one attached hydrogen (secondary N) is 1. The van der Waals surface area contributed by atoms with Crippen LogP contribution in [-0.2, 0) is 9.53 Å². The van der Waals surface area contributed by atoms with Crippen LogP contribution in [0, 0.1) is 0 Å². The zero-order valence-electron chi connectivity index (χ0n) is 8.77. The van der Waals surface area contributed by atoms with Gasteiger partial charge in [0.15, 0.2) is 0 Å². The number of esters is 1. The van der Waals surface area contributed by atoms with E-state index in [0.29, 0.717) is 0 Å². The molecule has 0 unspecified atom stereocenters. The van der Waals surface area contributed by atoms with Gasteiger partial charge < -0.3 is 15.2 Å². The number of aromatic carboxylic acids is 1. The minimum atomic E-state index is -1.10. The second-order valence-corrected chi connectivity index (χ2v) is 2.86. The molecule has 2 N–H and O–H groups in total. The molecule has 6 heteroatoms. The summed E-state index contributed by atoms with van der Waals surface area (Å²) in [5, 5.41) is 11.5. The highest BCUT2D eigenvalue weighted by atomic mass is 16.5. The zero-order valence-corrected chi connectivity index (χ0v) is 8.77. The first-order chi connectivity index (χ1) is 7.65. The van der Waals surface area contributed by atoms with Gasteiger partial charge in [0.1, 0.15) is 17.9 Å². The van der Waals surface area contributed by atoms with Gasteiger partial charge in [0.25, 0.3) is 0 Å². The zero-order chi connectivity index (χ0) is 12.0. The summed E-state index contributed by atoms with van der Waals surface area (Å²) in [7, 11) is 0. The summed E-state index contributed by atoms with van der Waals surface area (Å²) >= 11 is 0. The van der Waals surface area contributed by atoms with E-state index in [9.17, 15) is 9.59 Å². The van der Waals surface area contributed by atoms with Crippen LogP contribution in [0.1, 0.15) is 17.3 Å². The summed E-state index contributed by atoms with van der Waals surface area (Å²) in [6.45, 7) is 1.88. The third kappa shape index (κ3) is 3.23. The first-order valence-electron chi connectivity index (χ1n) is 4.73. The third-order valence-electron chi connectivity index (χ3n) is 1.74. The van der Waals surface area contributed by atoms with E-state index in [-0.39, 0.29) is 24.5 Å². The van der Waals surface area contributed by atoms with Crippen molar-refractivity contribution in [2.24, 2.45) is 0 Å². The van der Waals surface area contributed by atoms with Gasteiger partial charge in [0, 0.05) is 6.20 Å². The Morgan fingerprint density at radius 2 is 2.31 bits per heavy atom. The molecule has 0 saturated heterocycles. The Hall–Kier alpha value is -2.11. The monoisotopic (exact) mass is 224 g/mol. The molecule has 0 fully saturated rings. The highest BCUT2D eigenvalue weighted by molar-refractivity contribution is 5.93. The van der Waals surface area contributed by atoms with E-state index < -0.39 is 11.9 Å². The summed E-state index contributed by atoms with van der Waals surface area (Å²) in [6.07, 6.45) is 1.44. The molecule has 16 heavy (non-hydrogen) atoms. The van der Waals surface area contributed by atoms with Gasteiger partial charge >= 0.3 is 11.9 Å². The molecular formula is C10H12N2O4. The Morgan fingerprint density at radius 3 is 2.94 bits per heavy atom. The molecule has 0 atom stereocenters. The highest BCUT2D eigenvalue weighted by Crippen LogP contribution is 2.10. The van der Waals surface area contributed by atoms with Crippen molar-refractivity contribution in [3.63, 3.8) is 0 Å². The number of nitrogens with zero attached hydrogens (tertiary/aromatic N) is 1. The van der Waals surface area contributed by atoms with Gasteiger partial charge in [-0.25, -0.2) is 9.78 Å². The fourth-order valence-corrected chi connectivity index (χ4v) is 1.09. The van der Waals surface area contributed by atoms with Crippen LogP contribution in [0.25, 0.3) is 0 Å². The van der Waals surface area contributed by atoms with Crippen LogP contribution in [0.3, 0.4) is 0 Å². The van der Waals surface area contributed by atoms with Gasteiger partial charge in [-0.3, -0.25) is 4.79 Å². The predicted octanol–water partition coefficient (Wildman–Crippen LogP) is 0.755. The molecular weight excluding hydrogens is 212 g/mol. The van der Waals surface area contributed by atoms with Gasteiger partial charge in [0.05, 0.1) is 6.61 Å². The van der Waals surface area contributed by atoms with Crippen molar-refractivity contribution in [3.8, 4) is 0 Å². The summed E-state index contributed by atoms with van der Waals surface area (Å²) in [6, 6.07) is 2.92. The summed E-state index contributed by atoms with van der Waals surface area (Å²) in [5.74, 6) is -1.40. The molecule has 0 saturated carbocycles. The van der Waals surface area contributed by atoms with Gasteiger partial charge in [-0.15, -0.1) is 0 Å². The number of hydrogen-bond donors (Lipinski definition) is 2. The van der Waals surface area contributed by atoms with Crippen molar-refractivity contribution < 1.29 is 19.4 Å². The molecule has 0 aliphatic heterocycles. The number of hydrogen-bond acceptors (Lipinski definition) is 5. The predicted molar refractivity (Wildman–Crippen MR) is 56.3 cm³/mol. The molecule has 6 nitrogen and oxygen atoms in total. The normalized spacial score (nSPS) is 9.56. The molecule has 1 heterocycles. The number of carboxylic acid groups (broad SMARTS) is 1. The molecule has 1 rings (SSSR count). The molecule has 0 radical (unpaired) electrons. The summed E-state index contributed by atoms with van der Waals surface area (Å²) in [5.41, 5.74) is 0.0202. The highest BCUT2D eigenvalue weighted by Gasteiger charge is 2.11. The lowest BCUT2D eigenvalue weighted by Gasteiger charge is -2.07. The van der Waals surface area contributed by atoms with Crippen LogP contribution in [0.2, 0.25) is 0 Å². The lowest BCUT2D eigenvalue weighted by molar-refractivity contribution is -0.140. The molecule has 0 spiro atoms. The maximum Gasteiger partial charge on any atom is 0.339 e. The quantitative estimate of drug-likeness (QED) is 0.717. The number of anilines is 1. The topological polar surface area (TPSA) is 88.5 Å². The van der Waals surface area contributed by atoms with E-state index in [4.69, 9.17) is 5.11 Å². The second-order valence-electron chi connectivity index (χ2n) is 2.86. The first-order valence-corrected chi connectivity index (χ1v) is 4.73. The van der Waals surface area contributed by atoms with Crippen LogP contribution in [0.15, 0.2) is 18.3 Å². The molecule has 1 aromatic rings. The first kappa shape index (κ1) is 12.0. The van der Waals surface area contributed by atoms with Crippen LogP contribution >= 0.6 is 0 Å². The lowest BCUT2D eigenvalue weighted by Crippen LogP contribution is -2.18. The average Bonchev–Trinajstić information content (AvgIpc) is 2.27. The van der Waals surface area contributed by atoms with Crippen molar-refractivity contribution in [3.05, 3.63) is 23.9 Å². The minimum absolute atomic E-state index is 0.0202. The van der Waals surface area contributed by atoms with Gasteiger partial charge in [0.2, 0.25) is 0 Å². The fraction of sp³-hybridized carbons (Fsp3) is 0.300. The minimum Gasteiger partial charge on any atom is -0.478 e. The average molecular weight is 224 g/mol. The standard InChI is InChI=1S/C10H12N2O4/c1-2-16-8(13)6-12-9-7(10(14)15)4-3-5-11-9/h3-5H,2,6H2,1H3,(H,11,12)(H,14,15). The number of aromatic nitrogens is 1. The SMILES string of the molecule is CCOC(=O)CNc1ncccc1C(=O)O. The Labute approximate surface area is 92.3 Å². The van der Waals surface area contributed by atoms with E-state index in [2.05, 4.69) is 15.0 Å². The molecule has 0 aliphatic carbocycles. The Balaban J connectivity index is 2.66. The fourth-order valence-electron chi connectivity index (χ4n) is 1.09. The van der Waals surface area contributed by atoms with E-state index in [0.717, 1.165) is 0 Å².